The predicted molar refractivity (Wildman–Crippen MR) is 87.4 cm³/mol. The largest absolute Gasteiger partial charge is 0.280 e. The molecule has 2 nitrogen and oxygen atoms in total. The van der Waals surface area contributed by atoms with Crippen molar-refractivity contribution >= 4 is 11.4 Å². The van der Waals surface area contributed by atoms with E-state index in [1.165, 1.54) is 12.3 Å². The minimum atomic E-state index is -2.61. The summed E-state index contributed by atoms with van der Waals surface area (Å²) in [5.41, 5.74) is 2.77. The number of benzene rings is 2. The van der Waals surface area contributed by atoms with Crippen molar-refractivity contribution in [3.05, 3.63) is 95.8 Å². The quantitative estimate of drug-likeness (QED) is 0.609. The molecule has 3 rings (SSSR count). The van der Waals surface area contributed by atoms with E-state index in [9.17, 15) is 8.78 Å². The minimum absolute atomic E-state index is 0.272. The molecule has 2 aromatic carbocycles. The molecule has 0 atom stereocenters. The van der Waals surface area contributed by atoms with Crippen molar-refractivity contribution in [2.75, 3.05) is 0 Å². The molecule has 1 heterocycles. The second-order valence-corrected chi connectivity index (χ2v) is 4.93. The van der Waals surface area contributed by atoms with Crippen LogP contribution >= 0.6 is 0 Å². The zero-order valence-corrected chi connectivity index (χ0v) is 12.2. The van der Waals surface area contributed by atoms with Crippen LogP contribution in [0.25, 0.3) is 0 Å². The van der Waals surface area contributed by atoms with Crippen LogP contribution in [0.1, 0.15) is 23.2 Å². The average molecular weight is 308 g/mol. The van der Waals surface area contributed by atoms with Gasteiger partial charge in [-0.1, -0.05) is 60.7 Å². The maximum absolute atomic E-state index is 12.8. The minimum Gasteiger partial charge on any atom is -0.255 e. The molecule has 0 amide bonds. The molecular formula is C19H14F2N2. The molecule has 0 unspecified atom stereocenters. The Morgan fingerprint density at radius 1 is 0.826 bits per heavy atom. The lowest BCUT2D eigenvalue weighted by Crippen LogP contribution is -2.02. The van der Waals surface area contributed by atoms with Gasteiger partial charge < -0.3 is 0 Å². The van der Waals surface area contributed by atoms with Gasteiger partial charge in [0.2, 0.25) is 0 Å². The third-order valence-corrected chi connectivity index (χ3v) is 3.32. The van der Waals surface area contributed by atoms with Gasteiger partial charge in [-0.15, -0.1) is 0 Å². The smallest absolute Gasteiger partial charge is 0.255 e. The Morgan fingerprint density at radius 2 is 1.39 bits per heavy atom. The maximum Gasteiger partial charge on any atom is 0.280 e. The molecule has 0 radical (unpaired) electrons. The fourth-order valence-electron chi connectivity index (χ4n) is 2.24. The van der Waals surface area contributed by atoms with Crippen LogP contribution in [-0.4, -0.2) is 10.7 Å². The molecular weight excluding hydrogens is 294 g/mol. The van der Waals surface area contributed by atoms with Crippen molar-refractivity contribution in [3.8, 4) is 0 Å². The van der Waals surface area contributed by atoms with Crippen LogP contribution < -0.4 is 0 Å². The first-order valence-corrected chi connectivity index (χ1v) is 7.17. The van der Waals surface area contributed by atoms with E-state index >= 15 is 0 Å². The summed E-state index contributed by atoms with van der Waals surface area (Å²) in [6.07, 6.45) is -1.25. The van der Waals surface area contributed by atoms with Crippen molar-refractivity contribution in [1.29, 1.82) is 0 Å². The summed E-state index contributed by atoms with van der Waals surface area (Å²) < 4.78 is 25.6. The lowest BCUT2D eigenvalue weighted by Gasteiger charge is -2.08. The Balaban J connectivity index is 2.10. The highest BCUT2D eigenvalue weighted by Crippen LogP contribution is 2.23. The summed E-state index contributed by atoms with van der Waals surface area (Å²) >= 11 is 0. The first kappa shape index (κ1) is 15.0. The Kier molecular flexibility index (Phi) is 4.52. The number of rotatable bonds is 4. The molecule has 3 aromatic rings. The fraction of sp³-hybridized carbons (Fsp3) is 0.0526. The van der Waals surface area contributed by atoms with Gasteiger partial charge in [-0.2, -0.15) is 0 Å². The number of nitrogens with zero attached hydrogens (tertiary/aromatic N) is 2. The van der Waals surface area contributed by atoms with Crippen LogP contribution in [0.2, 0.25) is 0 Å². The first-order valence-electron chi connectivity index (χ1n) is 7.17. The van der Waals surface area contributed by atoms with Gasteiger partial charge in [0.05, 0.1) is 11.4 Å². The molecule has 4 heteroatoms. The van der Waals surface area contributed by atoms with E-state index in [0.29, 0.717) is 5.69 Å². The Morgan fingerprint density at radius 3 is 1.91 bits per heavy atom. The monoisotopic (exact) mass is 308 g/mol. The van der Waals surface area contributed by atoms with Gasteiger partial charge >= 0.3 is 0 Å². The van der Waals surface area contributed by atoms with E-state index < -0.39 is 6.43 Å². The highest BCUT2D eigenvalue weighted by Gasteiger charge is 2.10. The van der Waals surface area contributed by atoms with E-state index in [-0.39, 0.29) is 5.69 Å². The molecule has 0 saturated carbocycles. The van der Waals surface area contributed by atoms with E-state index in [1.54, 1.807) is 6.07 Å². The van der Waals surface area contributed by atoms with E-state index in [2.05, 4.69) is 9.98 Å². The molecule has 0 saturated heterocycles. The molecule has 0 aliphatic rings. The maximum atomic E-state index is 12.8. The Hall–Kier alpha value is -2.88. The fourth-order valence-corrected chi connectivity index (χ4v) is 2.24. The van der Waals surface area contributed by atoms with Gasteiger partial charge in [0.15, 0.2) is 0 Å². The SMILES string of the molecule is FC(F)c1cc(N=C(c2ccccc2)c2ccccc2)ccn1. The zero-order chi connectivity index (χ0) is 16.1. The molecule has 0 N–H and O–H groups in total. The second kappa shape index (κ2) is 6.92. The van der Waals surface area contributed by atoms with Gasteiger partial charge in [-0.3, -0.25) is 4.98 Å². The number of pyridine rings is 1. The molecule has 0 bridgehead atoms. The van der Waals surface area contributed by atoms with Gasteiger partial charge in [0.1, 0.15) is 5.69 Å². The lowest BCUT2D eigenvalue weighted by molar-refractivity contribution is 0.146. The highest BCUT2D eigenvalue weighted by atomic mass is 19.3. The zero-order valence-electron chi connectivity index (χ0n) is 12.2. The lowest BCUT2D eigenvalue weighted by atomic mass is 10.0. The normalized spacial score (nSPS) is 10.6. The molecule has 1 aromatic heterocycles. The number of aromatic nitrogens is 1. The van der Waals surface area contributed by atoms with E-state index in [4.69, 9.17) is 0 Å². The molecule has 0 fully saturated rings. The van der Waals surface area contributed by atoms with Crippen LogP contribution in [0, 0.1) is 0 Å². The number of halogens is 2. The molecule has 0 spiro atoms. The standard InChI is InChI=1S/C19H14F2N2/c20-19(21)17-13-16(11-12-22-17)23-18(14-7-3-1-4-8-14)15-9-5-2-6-10-15/h1-13,19H. The Labute approximate surface area is 133 Å². The van der Waals surface area contributed by atoms with Crippen molar-refractivity contribution in [2.45, 2.75) is 6.43 Å². The van der Waals surface area contributed by atoms with Crippen LogP contribution in [0.4, 0.5) is 14.5 Å². The van der Waals surface area contributed by atoms with Crippen LogP contribution in [-0.2, 0) is 0 Å². The van der Waals surface area contributed by atoms with Crippen LogP contribution in [0.3, 0.4) is 0 Å². The summed E-state index contributed by atoms with van der Waals surface area (Å²) in [4.78, 5) is 8.26. The van der Waals surface area contributed by atoms with E-state index in [1.807, 2.05) is 60.7 Å². The second-order valence-electron chi connectivity index (χ2n) is 4.93. The average Bonchev–Trinajstić information content (AvgIpc) is 2.61. The van der Waals surface area contributed by atoms with Gasteiger partial charge in [-0.05, 0) is 12.1 Å². The number of hydrogen-bond donors (Lipinski definition) is 0. The molecule has 0 aliphatic heterocycles. The summed E-state index contributed by atoms with van der Waals surface area (Å²) in [6, 6.07) is 22.3. The van der Waals surface area contributed by atoms with Crippen LogP contribution in [0.15, 0.2) is 84.0 Å². The first-order chi connectivity index (χ1) is 11.2. The summed E-state index contributed by atoms with van der Waals surface area (Å²) in [7, 11) is 0. The van der Waals surface area contributed by atoms with Crippen molar-refractivity contribution < 1.29 is 8.78 Å². The molecule has 114 valence electrons. The summed E-state index contributed by atoms with van der Waals surface area (Å²) in [5, 5.41) is 0. The van der Waals surface area contributed by atoms with E-state index in [0.717, 1.165) is 16.8 Å². The third kappa shape index (κ3) is 3.66. The van der Waals surface area contributed by atoms with Crippen molar-refractivity contribution in [2.24, 2.45) is 4.99 Å². The van der Waals surface area contributed by atoms with Gasteiger partial charge in [0, 0.05) is 17.3 Å². The van der Waals surface area contributed by atoms with Crippen LogP contribution in [0.5, 0.6) is 0 Å². The topological polar surface area (TPSA) is 25.2 Å². The third-order valence-electron chi connectivity index (χ3n) is 3.32. The predicted octanol–water partition coefficient (Wildman–Crippen LogP) is 5.19. The summed E-state index contributed by atoms with van der Waals surface area (Å²) in [6.45, 7) is 0. The van der Waals surface area contributed by atoms with Crippen molar-refractivity contribution in [3.63, 3.8) is 0 Å². The summed E-state index contributed by atoms with van der Waals surface area (Å²) in [5.74, 6) is 0. The van der Waals surface area contributed by atoms with Crippen molar-refractivity contribution in [1.82, 2.24) is 4.98 Å². The number of hydrogen-bond acceptors (Lipinski definition) is 2. The van der Waals surface area contributed by atoms with Gasteiger partial charge in [-0.25, -0.2) is 13.8 Å². The number of alkyl halides is 2. The van der Waals surface area contributed by atoms with Gasteiger partial charge in [0.25, 0.3) is 6.43 Å². The molecule has 0 aliphatic carbocycles. The number of aliphatic imine (C=N–C) groups is 1. The Bertz CT molecular complexity index is 758. The molecule has 23 heavy (non-hydrogen) atoms. The highest BCUT2D eigenvalue weighted by molar-refractivity contribution is 6.13.